The zero-order valence-corrected chi connectivity index (χ0v) is 20.5. The molecule has 0 fully saturated rings. The molecule has 9 heteroatoms. The van der Waals surface area contributed by atoms with Crippen molar-refractivity contribution in [2.45, 2.75) is 71.6 Å². The molecule has 0 bridgehead atoms. The average molecular weight is 510 g/mol. The standard InChI is InChI=1S/C17H27IN2O4SSi/c1-9-10-12(25-11(9)18)19-15(23)20(13(10)21)17(5,6)14(22)24-26(7,8)16(2,3)4/h15,19,23H,1-8H3. The van der Waals surface area contributed by atoms with E-state index in [-0.39, 0.29) is 10.9 Å². The van der Waals surface area contributed by atoms with E-state index in [0.717, 1.165) is 8.45 Å². The molecule has 0 saturated carbocycles. The van der Waals surface area contributed by atoms with Crippen LogP contribution in [0.5, 0.6) is 0 Å². The molecule has 1 aliphatic rings. The second kappa shape index (κ2) is 6.75. The fourth-order valence-electron chi connectivity index (χ4n) is 2.43. The van der Waals surface area contributed by atoms with E-state index < -0.39 is 26.2 Å². The number of carbonyl (C=O) groups excluding carboxylic acids is 2. The van der Waals surface area contributed by atoms with Crippen LogP contribution in [0.4, 0.5) is 5.00 Å². The number of amides is 1. The normalized spacial score (nSPS) is 18.5. The molecule has 1 amide bonds. The SMILES string of the molecule is Cc1c(I)sc2c1C(=O)N(C(C)(C)C(=O)O[Si](C)(C)C(C)(C)C)C(O)N2. The summed E-state index contributed by atoms with van der Waals surface area (Å²) in [6.45, 7) is 15.2. The van der Waals surface area contributed by atoms with Crippen LogP contribution >= 0.6 is 33.9 Å². The van der Waals surface area contributed by atoms with Gasteiger partial charge in [0.1, 0.15) is 10.5 Å². The lowest BCUT2D eigenvalue weighted by Crippen LogP contribution is -2.63. The molecule has 1 unspecified atom stereocenters. The molecule has 1 aromatic heterocycles. The third-order valence-corrected chi connectivity index (χ3v) is 12.1. The van der Waals surface area contributed by atoms with Gasteiger partial charge in [0.15, 0.2) is 0 Å². The van der Waals surface area contributed by atoms with Crippen molar-refractivity contribution in [2.75, 3.05) is 5.32 Å². The van der Waals surface area contributed by atoms with Crippen molar-refractivity contribution in [1.29, 1.82) is 0 Å². The Morgan fingerprint density at radius 2 is 1.85 bits per heavy atom. The van der Waals surface area contributed by atoms with Gasteiger partial charge in [0.2, 0.25) is 6.35 Å². The van der Waals surface area contributed by atoms with Gasteiger partial charge in [-0.2, -0.15) is 0 Å². The molecule has 26 heavy (non-hydrogen) atoms. The first-order chi connectivity index (χ1) is 11.6. The fraction of sp³-hybridized carbons (Fsp3) is 0.647. The number of hydrogen-bond donors (Lipinski definition) is 2. The highest BCUT2D eigenvalue weighted by Gasteiger charge is 2.50. The van der Waals surface area contributed by atoms with E-state index in [0.29, 0.717) is 10.6 Å². The zero-order chi connectivity index (χ0) is 20.2. The summed E-state index contributed by atoms with van der Waals surface area (Å²) in [7, 11) is -2.35. The molecule has 0 aliphatic carbocycles. The predicted molar refractivity (Wildman–Crippen MR) is 115 cm³/mol. The van der Waals surface area contributed by atoms with Gasteiger partial charge < -0.3 is 14.8 Å². The van der Waals surface area contributed by atoms with E-state index in [2.05, 4.69) is 27.9 Å². The van der Waals surface area contributed by atoms with Gasteiger partial charge in [0.05, 0.1) is 8.45 Å². The zero-order valence-electron chi connectivity index (χ0n) is 16.5. The third kappa shape index (κ3) is 3.55. The molecular formula is C17H27IN2O4SSi. The van der Waals surface area contributed by atoms with Crippen LogP contribution < -0.4 is 5.32 Å². The van der Waals surface area contributed by atoms with Crippen LogP contribution in [0.25, 0.3) is 0 Å². The maximum Gasteiger partial charge on any atom is 0.318 e. The fourth-order valence-corrected chi connectivity index (χ4v) is 5.32. The number of carbonyl (C=O) groups is 2. The van der Waals surface area contributed by atoms with E-state index in [1.165, 1.54) is 16.2 Å². The summed E-state index contributed by atoms with van der Waals surface area (Å²) in [5.41, 5.74) is 0.0581. The minimum atomic E-state index is -2.35. The second-order valence-electron chi connectivity index (χ2n) is 8.61. The molecule has 1 aliphatic heterocycles. The van der Waals surface area contributed by atoms with Crippen LogP contribution in [0.3, 0.4) is 0 Å². The number of nitrogens with one attached hydrogen (secondary N) is 1. The maximum atomic E-state index is 13.1. The van der Waals surface area contributed by atoms with Crippen molar-refractivity contribution >= 4 is 59.1 Å². The van der Waals surface area contributed by atoms with Gasteiger partial charge >= 0.3 is 5.97 Å². The molecule has 2 rings (SSSR count). The van der Waals surface area contributed by atoms with Crippen molar-refractivity contribution in [2.24, 2.45) is 0 Å². The van der Waals surface area contributed by atoms with Gasteiger partial charge in [0, 0.05) is 0 Å². The van der Waals surface area contributed by atoms with Gasteiger partial charge in [0.25, 0.3) is 14.2 Å². The summed E-state index contributed by atoms with van der Waals surface area (Å²) in [6, 6.07) is 0. The van der Waals surface area contributed by atoms with Crippen molar-refractivity contribution < 1.29 is 19.1 Å². The molecule has 0 saturated heterocycles. The number of aliphatic hydroxyl groups excluding tert-OH is 1. The number of anilines is 1. The van der Waals surface area contributed by atoms with E-state index in [4.69, 9.17) is 4.43 Å². The highest BCUT2D eigenvalue weighted by molar-refractivity contribution is 14.1. The van der Waals surface area contributed by atoms with E-state index in [1.54, 1.807) is 13.8 Å². The molecule has 146 valence electrons. The second-order valence-corrected chi connectivity index (χ2v) is 16.2. The van der Waals surface area contributed by atoms with Crippen molar-refractivity contribution in [3.05, 3.63) is 14.0 Å². The Morgan fingerprint density at radius 1 is 1.31 bits per heavy atom. The molecule has 2 N–H and O–H groups in total. The Kier molecular flexibility index (Phi) is 5.62. The van der Waals surface area contributed by atoms with E-state index in [1.807, 2.05) is 40.8 Å². The number of fused-ring (bicyclic) bond motifs is 1. The minimum Gasteiger partial charge on any atom is -0.517 e. The molecule has 1 atom stereocenters. The Morgan fingerprint density at radius 3 is 2.35 bits per heavy atom. The van der Waals surface area contributed by atoms with Gasteiger partial charge in [-0.1, -0.05) is 20.8 Å². The number of nitrogens with zero attached hydrogens (tertiary/aromatic N) is 1. The number of thiophene rings is 1. The quantitative estimate of drug-likeness (QED) is 0.472. The van der Waals surface area contributed by atoms with Crippen molar-refractivity contribution in [3.63, 3.8) is 0 Å². The van der Waals surface area contributed by atoms with Crippen LogP contribution in [-0.4, -0.2) is 42.1 Å². The van der Waals surface area contributed by atoms with E-state index >= 15 is 0 Å². The number of hydrogen-bond acceptors (Lipinski definition) is 6. The Balaban J connectivity index is 2.38. The summed E-state index contributed by atoms with van der Waals surface area (Å²) in [5, 5.41) is 14.0. The van der Waals surface area contributed by atoms with Gasteiger partial charge in [-0.05, 0) is 67.1 Å². The lowest BCUT2D eigenvalue weighted by atomic mass is 10.00. The summed E-state index contributed by atoms with van der Waals surface area (Å²) in [4.78, 5) is 27.3. The first kappa shape index (κ1) is 21.6. The molecule has 1 aromatic rings. The first-order valence-corrected chi connectivity index (χ1v) is 13.2. The first-order valence-electron chi connectivity index (χ1n) is 8.42. The van der Waals surface area contributed by atoms with Gasteiger partial charge in [-0.3, -0.25) is 14.5 Å². The summed E-state index contributed by atoms with van der Waals surface area (Å²) >= 11 is 3.59. The van der Waals surface area contributed by atoms with Crippen LogP contribution in [0.15, 0.2) is 0 Å². The number of aliphatic hydroxyl groups is 1. The molecule has 6 nitrogen and oxygen atoms in total. The van der Waals surface area contributed by atoms with Crippen LogP contribution in [-0.2, 0) is 9.22 Å². The van der Waals surface area contributed by atoms with Crippen molar-refractivity contribution in [3.8, 4) is 0 Å². The topological polar surface area (TPSA) is 78.9 Å². The van der Waals surface area contributed by atoms with Crippen molar-refractivity contribution in [1.82, 2.24) is 4.90 Å². The van der Waals surface area contributed by atoms with Crippen LogP contribution in [0.2, 0.25) is 18.1 Å². The summed E-state index contributed by atoms with van der Waals surface area (Å²) in [5.74, 6) is -0.857. The third-order valence-electron chi connectivity index (χ3n) is 5.28. The van der Waals surface area contributed by atoms with Gasteiger partial charge in [-0.15, -0.1) is 11.3 Å². The van der Waals surface area contributed by atoms with Crippen LogP contribution in [0.1, 0.15) is 50.5 Å². The van der Waals surface area contributed by atoms with E-state index in [9.17, 15) is 14.7 Å². The smallest absolute Gasteiger partial charge is 0.318 e. The highest BCUT2D eigenvalue weighted by Crippen LogP contribution is 2.41. The van der Waals surface area contributed by atoms with Gasteiger partial charge in [-0.25, -0.2) is 0 Å². The monoisotopic (exact) mass is 510 g/mol. The Labute approximate surface area is 173 Å². The summed E-state index contributed by atoms with van der Waals surface area (Å²) < 4.78 is 6.88. The lowest BCUT2D eigenvalue weighted by Gasteiger charge is -2.45. The molecular weight excluding hydrogens is 483 g/mol. The molecule has 2 heterocycles. The Bertz CT molecular complexity index is 755. The maximum absolute atomic E-state index is 13.1. The molecule has 0 spiro atoms. The predicted octanol–water partition coefficient (Wildman–Crippen LogP) is 4.13. The molecule has 0 aromatic carbocycles. The van der Waals surface area contributed by atoms with Crippen LogP contribution in [0, 0.1) is 9.81 Å². The lowest BCUT2D eigenvalue weighted by molar-refractivity contribution is -0.151. The number of rotatable bonds is 3. The minimum absolute atomic E-state index is 0.144. The summed E-state index contributed by atoms with van der Waals surface area (Å²) in [6.07, 6.45) is -1.29. The molecule has 0 radical (unpaired) electrons. The average Bonchev–Trinajstić information content (AvgIpc) is 2.71. The Hall–Kier alpha value is -0.653. The number of halogens is 1. The highest BCUT2D eigenvalue weighted by atomic mass is 127. The largest absolute Gasteiger partial charge is 0.517 e.